The molecule has 0 spiro atoms. The first-order valence-corrected chi connectivity index (χ1v) is 7.30. The minimum atomic E-state index is -4.63. The minimum absolute atomic E-state index is 0.0775. The van der Waals surface area contributed by atoms with Crippen LogP contribution in [0, 0.1) is 0 Å². The van der Waals surface area contributed by atoms with Crippen molar-refractivity contribution in [1.82, 2.24) is 0 Å². The molecule has 0 bridgehead atoms. The second-order valence-electron chi connectivity index (χ2n) is 2.30. The Labute approximate surface area is 84.4 Å². The predicted molar refractivity (Wildman–Crippen MR) is 54.1 cm³/mol. The summed E-state index contributed by atoms with van der Waals surface area (Å²) in [6.07, 6.45) is 0. The monoisotopic (exact) mass is 246 g/mol. The molecule has 1 aromatic rings. The molecule has 0 heterocycles. The van der Waals surface area contributed by atoms with Gasteiger partial charge in [0, 0.05) is 0 Å². The molecule has 0 saturated carbocycles. The Balaban J connectivity index is 3.15. The summed E-state index contributed by atoms with van der Waals surface area (Å²) in [4.78, 5) is 18.4. The summed E-state index contributed by atoms with van der Waals surface area (Å²) < 4.78 is 0. The van der Waals surface area contributed by atoms with E-state index in [1.54, 1.807) is 0 Å². The number of halogens is 3. The van der Waals surface area contributed by atoms with Crippen molar-refractivity contribution in [1.29, 1.82) is 0 Å². The number of benzene rings is 1. The van der Waals surface area contributed by atoms with Crippen molar-refractivity contribution >= 4 is 45.1 Å². The number of hydrogen-bond donors (Lipinski definition) is 2. The van der Waals surface area contributed by atoms with Crippen LogP contribution in [0.15, 0.2) is 24.3 Å². The molecule has 0 fully saturated rings. The second kappa shape index (κ2) is 2.98. The van der Waals surface area contributed by atoms with E-state index in [0.717, 1.165) is 0 Å². The van der Waals surface area contributed by atoms with Crippen molar-refractivity contribution in [2.75, 3.05) is 0 Å². The van der Waals surface area contributed by atoms with Gasteiger partial charge in [-0.05, 0) is 0 Å². The van der Waals surface area contributed by atoms with Crippen LogP contribution in [0.2, 0.25) is 5.02 Å². The van der Waals surface area contributed by atoms with E-state index in [0.29, 0.717) is 5.02 Å². The van der Waals surface area contributed by atoms with Crippen molar-refractivity contribution in [2.45, 2.75) is 0 Å². The van der Waals surface area contributed by atoms with Gasteiger partial charge in [-0.15, -0.1) is 0 Å². The molecule has 68 valence electrons. The Kier molecular flexibility index (Phi) is 2.62. The summed E-state index contributed by atoms with van der Waals surface area (Å²) in [5.41, 5.74) is 0. The molecule has 12 heavy (non-hydrogen) atoms. The molecule has 0 saturated heterocycles. The SMILES string of the molecule is OP(O)(Cl)(Cl)c1ccc(Cl)cc1. The van der Waals surface area contributed by atoms with Gasteiger partial charge in [-0.3, -0.25) is 0 Å². The summed E-state index contributed by atoms with van der Waals surface area (Å²) in [6, 6.07) is 5.71. The normalized spacial score (nSPS) is 15.2. The molecule has 0 amide bonds. The van der Waals surface area contributed by atoms with E-state index in [4.69, 9.17) is 34.1 Å². The number of rotatable bonds is 1. The third-order valence-electron chi connectivity index (χ3n) is 1.25. The van der Waals surface area contributed by atoms with Gasteiger partial charge in [0.25, 0.3) is 0 Å². The third kappa shape index (κ3) is 2.74. The molecular weight excluding hydrogens is 241 g/mol. The van der Waals surface area contributed by atoms with Gasteiger partial charge in [0.2, 0.25) is 0 Å². The van der Waals surface area contributed by atoms with Gasteiger partial charge in [0.15, 0.2) is 0 Å². The van der Waals surface area contributed by atoms with Crippen molar-refractivity contribution in [2.24, 2.45) is 0 Å². The van der Waals surface area contributed by atoms with E-state index >= 15 is 0 Å². The zero-order chi connectivity index (χ0) is 9.43. The molecule has 0 atom stereocenters. The van der Waals surface area contributed by atoms with Crippen LogP contribution in [0.4, 0.5) is 0 Å². The first kappa shape index (κ1) is 10.5. The Morgan fingerprint density at radius 1 is 1.00 bits per heavy atom. The molecule has 2 N–H and O–H groups in total. The topological polar surface area (TPSA) is 40.5 Å². The molecule has 0 aliphatic heterocycles. The zero-order valence-corrected chi connectivity index (χ0v) is 8.95. The van der Waals surface area contributed by atoms with E-state index in [9.17, 15) is 9.79 Å². The van der Waals surface area contributed by atoms with Crippen LogP contribution < -0.4 is 5.30 Å². The average Bonchev–Trinajstić information content (AvgIpc) is 1.84. The van der Waals surface area contributed by atoms with Gasteiger partial charge in [0.05, 0.1) is 0 Å². The van der Waals surface area contributed by atoms with Gasteiger partial charge in [-0.2, -0.15) is 0 Å². The Morgan fingerprint density at radius 2 is 1.42 bits per heavy atom. The fraction of sp³-hybridized carbons (Fsp3) is 0. The molecule has 2 nitrogen and oxygen atoms in total. The first-order valence-electron chi connectivity index (χ1n) is 2.97. The molecule has 0 aliphatic rings. The van der Waals surface area contributed by atoms with Crippen LogP contribution in [0.3, 0.4) is 0 Å². The third-order valence-corrected chi connectivity index (χ3v) is 3.83. The molecule has 0 radical (unpaired) electrons. The van der Waals surface area contributed by atoms with E-state index in [1.807, 2.05) is 0 Å². The number of hydrogen-bond acceptors (Lipinski definition) is 2. The second-order valence-corrected chi connectivity index (χ2v) is 9.27. The maximum absolute atomic E-state index is 9.22. The standard InChI is InChI=1S/C6H6Cl3O2P/c7-5-1-3-6(4-2-5)12(8,9,10)11/h1-4,10-11H. The molecule has 0 unspecified atom stereocenters. The molecule has 0 aliphatic carbocycles. The Hall–Kier alpha value is 0.440. The van der Waals surface area contributed by atoms with E-state index < -0.39 is 5.76 Å². The maximum atomic E-state index is 9.22. The van der Waals surface area contributed by atoms with Crippen LogP contribution in [0.25, 0.3) is 0 Å². The van der Waals surface area contributed by atoms with Gasteiger partial charge >= 0.3 is 84.2 Å². The van der Waals surface area contributed by atoms with Crippen LogP contribution >= 0.6 is 39.8 Å². The molecule has 0 aromatic heterocycles. The fourth-order valence-electron chi connectivity index (χ4n) is 0.687. The van der Waals surface area contributed by atoms with Crippen molar-refractivity contribution in [3.63, 3.8) is 0 Å². The van der Waals surface area contributed by atoms with Crippen molar-refractivity contribution in [3.8, 4) is 0 Å². The average molecular weight is 247 g/mol. The van der Waals surface area contributed by atoms with Crippen molar-refractivity contribution < 1.29 is 9.79 Å². The fourth-order valence-corrected chi connectivity index (χ4v) is 2.13. The van der Waals surface area contributed by atoms with Crippen LogP contribution in [-0.2, 0) is 0 Å². The molecule has 1 rings (SSSR count). The summed E-state index contributed by atoms with van der Waals surface area (Å²) in [6.45, 7) is 0. The molecular formula is C6H6Cl3O2P. The van der Waals surface area contributed by atoms with Crippen molar-refractivity contribution in [3.05, 3.63) is 29.3 Å². The quantitative estimate of drug-likeness (QED) is 0.749. The first-order chi connectivity index (χ1) is 5.26. The summed E-state index contributed by atoms with van der Waals surface area (Å²) >= 11 is 16.2. The summed E-state index contributed by atoms with van der Waals surface area (Å²) in [5, 5.41) is 0.557. The van der Waals surface area contributed by atoms with E-state index in [1.165, 1.54) is 24.3 Å². The van der Waals surface area contributed by atoms with E-state index in [-0.39, 0.29) is 5.30 Å². The van der Waals surface area contributed by atoms with Crippen LogP contribution in [-0.4, -0.2) is 9.79 Å². The van der Waals surface area contributed by atoms with E-state index in [2.05, 4.69) is 0 Å². The zero-order valence-electron chi connectivity index (χ0n) is 5.78. The molecule has 6 heteroatoms. The Morgan fingerprint density at radius 3 is 1.75 bits per heavy atom. The summed E-state index contributed by atoms with van der Waals surface area (Å²) in [5.74, 6) is -4.63. The Bertz CT molecular complexity index is 281. The van der Waals surface area contributed by atoms with Gasteiger partial charge < -0.3 is 0 Å². The van der Waals surface area contributed by atoms with Crippen LogP contribution in [0.1, 0.15) is 0 Å². The van der Waals surface area contributed by atoms with Gasteiger partial charge in [-0.1, -0.05) is 0 Å². The van der Waals surface area contributed by atoms with Gasteiger partial charge in [-0.25, -0.2) is 0 Å². The van der Waals surface area contributed by atoms with Gasteiger partial charge in [0.1, 0.15) is 0 Å². The van der Waals surface area contributed by atoms with Crippen LogP contribution in [0.5, 0.6) is 0 Å². The predicted octanol–water partition coefficient (Wildman–Crippen LogP) is 2.64. The summed E-state index contributed by atoms with van der Waals surface area (Å²) in [7, 11) is 0. The molecule has 1 aromatic carbocycles.